The maximum absolute atomic E-state index is 13.9. The predicted molar refractivity (Wildman–Crippen MR) is 112 cm³/mol. The van der Waals surface area contributed by atoms with E-state index in [9.17, 15) is 22.8 Å². The van der Waals surface area contributed by atoms with Crippen molar-refractivity contribution in [2.45, 2.75) is 31.7 Å². The third-order valence-electron chi connectivity index (χ3n) is 5.55. The molecule has 0 atom stereocenters. The average molecular weight is 442 g/mol. The number of carbonyl (C=O) groups excluding carboxylic acids is 2. The number of carbonyl (C=O) groups is 2. The molecule has 2 N–H and O–H groups in total. The summed E-state index contributed by atoms with van der Waals surface area (Å²) in [6, 6.07) is 10.7. The smallest absolute Gasteiger partial charge is 0.251 e. The summed E-state index contributed by atoms with van der Waals surface area (Å²) in [6.07, 6.45) is 3.85. The van der Waals surface area contributed by atoms with Crippen molar-refractivity contribution in [3.05, 3.63) is 77.7 Å². The fourth-order valence-corrected chi connectivity index (χ4v) is 3.80. The first kappa shape index (κ1) is 21.6. The zero-order chi connectivity index (χ0) is 22.7. The number of benzene rings is 2. The Morgan fingerprint density at radius 2 is 1.66 bits per heavy atom. The van der Waals surface area contributed by atoms with Crippen LogP contribution in [0.1, 0.15) is 36.0 Å². The van der Waals surface area contributed by atoms with Crippen molar-refractivity contribution in [2.75, 3.05) is 5.32 Å². The average Bonchev–Trinajstić information content (AvgIpc) is 3.24. The molecule has 32 heavy (non-hydrogen) atoms. The normalized spacial score (nSPS) is 18.2. The van der Waals surface area contributed by atoms with Crippen LogP contribution < -0.4 is 10.6 Å². The van der Waals surface area contributed by atoms with E-state index >= 15 is 0 Å². The molecule has 166 valence electrons. The fourth-order valence-electron chi connectivity index (χ4n) is 3.80. The van der Waals surface area contributed by atoms with E-state index < -0.39 is 23.4 Å². The second kappa shape index (κ2) is 9.25. The molecule has 1 fully saturated rings. The molecular formula is C23H21F3N4O2. The summed E-state index contributed by atoms with van der Waals surface area (Å²) in [5.74, 6) is -3.08. The van der Waals surface area contributed by atoms with Gasteiger partial charge in [0.15, 0.2) is 17.5 Å². The van der Waals surface area contributed by atoms with Gasteiger partial charge < -0.3 is 10.6 Å². The van der Waals surface area contributed by atoms with E-state index in [2.05, 4.69) is 15.7 Å². The van der Waals surface area contributed by atoms with E-state index in [-0.39, 0.29) is 29.1 Å². The summed E-state index contributed by atoms with van der Waals surface area (Å²) in [5.41, 5.74) is 0.333. The Bertz CT molecular complexity index is 1140. The topological polar surface area (TPSA) is 76.0 Å². The Balaban J connectivity index is 1.29. The lowest BCUT2D eigenvalue weighted by Crippen LogP contribution is -2.39. The van der Waals surface area contributed by atoms with Crippen LogP contribution in [0.15, 0.2) is 54.7 Å². The first-order valence-electron chi connectivity index (χ1n) is 10.3. The van der Waals surface area contributed by atoms with E-state index in [1.54, 1.807) is 30.5 Å². The highest BCUT2D eigenvalue weighted by Gasteiger charge is 2.28. The molecule has 0 bridgehead atoms. The second-order valence-electron chi connectivity index (χ2n) is 7.74. The molecular weight excluding hydrogens is 421 g/mol. The van der Waals surface area contributed by atoms with Crippen LogP contribution in [0, 0.1) is 23.4 Å². The van der Waals surface area contributed by atoms with Crippen molar-refractivity contribution in [2.24, 2.45) is 5.92 Å². The third kappa shape index (κ3) is 4.82. The predicted octanol–water partition coefficient (Wildman–Crippen LogP) is 4.22. The number of nitrogens with zero attached hydrogens (tertiary/aromatic N) is 2. The lowest BCUT2D eigenvalue weighted by atomic mass is 9.85. The minimum Gasteiger partial charge on any atom is -0.349 e. The molecule has 0 radical (unpaired) electrons. The van der Waals surface area contributed by atoms with Gasteiger partial charge in [0, 0.05) is 29.8 Å². The maximum atomic E-state index is 13.9. The van der Waals surface area contributed by atoms with Gasteiger partial charge in [-0.2, -0.15) is 0 Å². The molecule has 2 aromatic carbocycles. The van der Waals surface area contributed by atoms with Crippen molar-refractivity contribution >= 4 is 17.6 Å². The van der Waals surface area contributed by atoms with Gasteiger partial charge in [0.05, 0.1) is 0 Å². The van der Waals surface area contributed by atoms with E-state index in [0.717, 1.165) is 12.1 Å². The Morgan fingerprint density at radius 1 is 0.906 bits per heavy atom. The Kier molecular flexibility index (Phi) is 6.25. The van der Waals surface area contributed by atoms with Gasteiger partial charge in [0.1, 0.15) is 11.5 Å². The summed E-state index contributed by atoms with van der Waals surface area (Å²) in [4.78, 5) is 24.9. The zero-order valence-corrected chi connectivity index (χ0v) is 17.0. The molecule has 1 heterocycles. The van der Waals surface area contributed by atoms with Crippen LogP contribution >= 0.6 is 0 Å². The monoisotopic (exact) mass is 442 g/mol. The van der Waals surface area contributed by atoms with Crippen molar-refractivity contribution in [1.29, 1.82) is 0 Å². The molecule has 2 amide bonds. The summed E-state index contributed by atoms with van der Waals surface area (Å²) in [7, 11) is 0. The van der Waals surface area contributed by atoms with Crippen LogP contribution in [0.25, 0.3) is 5.69 Å². The highest BCUT2D eigenvalue weighted by Crippen LogP contribution is 2.26. The molecule has 1 aliphatic rings. The first-order valence-corrected chi connectivity index (χ1v) is 10.3. The standard InChI is InChI=1S/C23H21F3N4O2/c24-17-10-7-15(13-19(17)26)23(32)27-16-8-5-14(6-9-16)22(31)28-21-11-12-30(29-21)20-4-2-1-3-18(20)25/h1-4,7,10-14,16H,5-6,8-9H2,(H,27,32)(H,28,29,31). The summed E-state index contributed by atoms with van der Waals surface area (Å²) in [6.45, 7) is 0. The highest BCUT2D eigenvalue weighted by atomic mass is 19.2. The fraction of sp³-hybridized carbons (Fsp3) is 0.261. The highest BCUT2D eigenvalue weighted by molar-refractivity contribution is 5.94. The van der Waals surface area contributed by atoms with Crippen molar-refractivity contribution in [1.82, 2.24) is 15.1 Å². The second-order valence-corrected chi connectivity index (χ2v) is 7.74. The van der Waals surface area contributed by atoms with Crippen LogP contribution in [0.3, 0.4) is 0 Å². The van der Waals surface area contributed by atoms with Crippen LogP contribution in [0.4, 0.5) is 19.0 Å². The van der Waals surface area contributed by atoms with Crippen LogP contribution in [-0.4, -0.2) is 27.6 Å². The number of hydrogen-bond acceptors (Lipinski definition) is 3. The number of nitrogens with one attached hydrogen (secondary N) is 2. The van der Waals surface area contributed by atoms with Crippen LogP contribution in [0.5, 0.6) is 0 Å². The number of rotatable bonds is 5. The molecule has 0 spiro atoms. The molecule has 1 saturated carbocycles. The minimum absolute atomic E-state index is 0.0502. The summed E-state index contributed by atoms with van der Waals surface area (Å²) < 4.78 is 41.6. The number of anilines is 1. The lowest BCUT2D eigenvalue weighted by molar-refractivity contribution is -0.120. The Labute approximate surface area is 182 Å². The van der Waals surface area contributed by atoms with Gasteiger partial charge in [-0.25, -0.2) is 17.9 Å². The van der Waals surface area contributed by atoms with Gasteiger partial charge in [-0.05, 0) is 56.0 Å². The van der Waals surface area contributed by atoms with E-state index in [1.807, 2.05) is 0 Å². The SMILES string of the molecule is O=C(NC1CCC(C(=O)Nc2ccn(-c3ccccc3F)n2)CC1)c1ccc(F)c(F)c1. The Morgan fingerprint density at radius 3 is 2.38 bits per heavy atom. The van der Waals surface area contributed by atoms with E-state index in [0.29, 0.717) is 31.5 Å². The molecule has 1 aliphatic carbocycles. The van der Waals surface area contributed by atoms with Gasteiger partial charge in [-0.3, -0.25) is 9.59 Å². The maximum Gasteiger partial charge on any atom is 0.251 e. The van der Waals surface area contributed by atoms with Crippen molar-refractivity contribution < 1.29 is 22.8 Å². The molecule has 0 aliphatic heterocycles. The van der Waals surface area contributed by atoms with Gasteiger partial charge in [-0.1, -0.05) is 12.1 Å². The number of aromatic nitrogens is 2. The van der Waals surface area contributed by atoms with Gasteiger partial charge >= 0.3 is 0 Å². The molecule has 3 aromatic rings. The third-order valence-corrected chi connectivity index (χ3v) is 5.55. The lowest BCUT2D eigenvalue weighted by Gasteiger charge is -2.28. The minimum atomic E-state index is -1.07. The molecule has 0 unspecified atom stereocenters. The largest absolute Gasteiger partial charge is 0.349 e. The summed E-state index contributed by atoms with van der Waals surface area (Å²) in [5, 5.41) is 9.77. The zero-order valence-electron chi connectivity index (χ0n) is 17.0. The number of halogens is 3. The van der Waals surface area contributed by atoms with Gasteiger partial charge in [0.2, 0.25) is 5.91 Å². The first-order chi connectivity index (χ1) is 15.4. The molecule has 1 aromatic heterocycles. The molecule has 9 heteroatoms. The number of para-hydroxylation sites is 1. The van der Waals surface area contributed by atoms with Gasteiger partial charge in [-0.15, -0.1) is 5.10 Å². The quantitative estimate of drug-likeness (QED) is 0.621. The van der Waals surface area contributed by atoms with Crippen molar-refractivity contribution in [3.8, 4) is 5.69 Å². The Hall–Kier alpha value is -3.62. The van der Waals surface area contributed by atoms with E-state index in [4.69, 9.17) is 0 Å². The van der Waals surface area contributed by atoms with Gasteiger partial charge in [0.25, 0.3) is 5.91 Å². The number of amides is 2. The molecule has 4 rings (SSSR count). The van der Waals surface area contributed by atoms with Crippen LogP contribution in [0.2, 0.25) is 0 Å². The summed E-state index contributed by atoms with van der Waals surface area (Å²) >= 11 is 0. The molecule has 0 saturated heterocycles. The number of hydrogen-bond donors (Lipinski definition) is 2. The van der Waals surface area contributed by atoms with E-state index in [1.165, 1.54) is 16.8 Å². The van der Waals surface area contributed by atoms with Crippen LogP contribution in [-0.2, 0) is 4.79 Å². The van der Waals surface area contributed by atoms with Crippen molar-refractivity contribution in [3.63, 3.8) is 0 Å². The molecule has 6 nitrogen and oxygen atoms in total.